The van der Waals surface area contributed by atoms with Gasteiger partial charge in [0.15, 0.2) is 0 Å². The highest BCUT2D eigenvalue weighted by Gasteiger charge is 2.11. The van der Waals surface area contributed by atoms with Crippen LogP contribution in [0.2, 0.25) is 0 Å². The average molecular weight is 439 g/mol. The molecule has 5 nitrogen and oxygen atoms in total. The number of aryl methyl sites for hydroxylation is 1. The molecule has 2 N–H and O–H groups in total. The van der Waals surface area contributed by atoms with Crippen LogP contribution in [-0.4, -0.2) is 10.9 Å². The van der Waals surface area contributed by atoms with Crippen molar-refractivity contribution in [2.75, 3.05) is 0 Å². The van der Waals surface area contributed by atoms with Gasteiger partial charge in [0.2, 0.25) is 0 Å². The van der Waals surface area contributed by atoms with E-state index in [0.29, 0.717) is 25.5 Å². The lowest BCUT2D eigenvalue weighted by molar-refractivity contribution is 0.0949. The van der Waals surface area contributed by atoms with Crippen molar-refractivity contribution in [3.8, 4) is 11.3 Å². The van der Waals surface area contributed by atoms with E-state index in [1.165, 1.54) is 0 Å². The van der Waals surface area contributed by atoms with Crippen LogP contribution in [0.15, 0.2) is 95.8 Å². The van der Waals surface area contributed by atoms with Crippen LogP contribution in [0, 0.1) is 6.92 Å². The number of nitrogens with one attached hydrogen (secondary N) is 2. The summed E-state index contributed by atoms with van der Waals surface area (Å²) in [7, 11) is 0. The van der Waals surface area contributed by atoms with Crippen LogP contribution >= 0.6 is 0 Å². The lowest BCUT2D eigenvalue weighted by Crippen LogP contribution is -2.29. The van der Waals surface area contributed by atoms with Crippen LogP contribution in [-0.2, 0) is 24.5 Å². The van der Waals surface area contributed by atoms with Gasteiger partial charge in [-0.2, -0.15) is 0 Å². The SMILES string of the molecule is Cc1cccc(-c2ccc(C(=O)NCc3cccc(COCc4ccccc4)c3)c(=O)[nH]2)c1. The van der Waals surface area contributed by atoms with Gasteiger partial charge in [0.05, 0.1) is 13.2 Å². The molecule has 0 saturated heterocycles. The first-order valence-electron chi connectivity index (χ1n) is 10.9. The van der Waals surface area contributed by atoms with Gasteiger partial charge in [-0.1, -0.05) is 78.4 Å². The molecule has 1 aromatic heterocycles. The smallest absolute Gasteiger partial charge is 0.261 e. The average Bonchev–Trinajstić information content (AvgIpc) is 2.83. The Bertz CT molecular complexity index is 1300. The van der Waals surface area contributed by atoms with Crippen molar-refractivity contribution in [1.29, 1.82) is 0 Å². The maximum absolute atomic E-state index is 12.6. The highest BCUT2D eigenvalue weighted by molar-refractivity contribution is 5.94. The monoisotopic (exact) mass is 438 g/mol. The predicted octanol–water partition coefficient (Wildman–Crippen LogP) is 5.00. The van der Waals surface area contributed by atoms with E-state index in [9.17, 15) is 9.59 Å². The molecule has 0 bridgehead atoms. The number of hydrogen-bond acceptors (Lipinski definition) is 3. The summed E-state index contributed by atoms with van der Waals surface area (Å²) in [6, 6.07) is 29.0. The van der Waals surface area contributed by atoms with Gasteiger partial charge in [0, 0.05) is 12.2 Å². The van der Waals surface area contributed by atoms with Crippen LogP contribution in [0.1, 0.15) is 32.6 Å². The van der Waals surface area contributed by atoms with E-state index in [4.69, 9.17) is 4.74 Å². The van der Waals surface area contributed by atoms with Crippen LogP contribution in [0.5, 0.6) is 0 Å². The number of pyridine rings is 1. The number of ether oxygens (including phenoxy) is 1. The Morgan fingerprint density at radius 2 is 1.55 bits per heavy atom. The summed E-state index contributed by atoms with van der Waals surface area (Å²) < 4.78 is 5.79. The Hall–Kier alpha value is -3.96. The predicted molar refractivity (Wildman–Crippen MR) is 130 cm³/mol. The fraction of sp³-hybridized carbons (Fsp3) is 0.143. The second-order valence-corrected chi connectivity index (χ2v) is 7.97. The molecule has 0 aliphatic rings. The molecule has 0 radical (unpaired) electrons. The summed E-state index contributed by atoms with van der Waals surface area (Å²) in [5.74, 6) is -0.405. The standard InChI is InChI=1S/C28H26N2O3/c1-20-7-5-12-24(15-20)26-14-13-25(28(32)30-26)27(31)29-17-22-10-6-11-23(16-22)19-33-18-21-8-3-2-4-9-21/h2-16H,17-19H2,1H3,(H,29,31)(H,30,32). The van der Waals surface area contributed by atoms with Gasteiger partial charge in [0.25, 0.3) is 11.5 Å². The minimum atomic E-state index is -0.408. The minimum absolute atomic E-state index is 0.0914. The second-order valence-electron chi connectivity index (χ2n) is 7.97. The van der Waals surface area contributed by atoms with E-state index < -0.39 is 11.5 Å². The Labute approximate surface area is 193 Å². The van der Waals surface area contributed by atoms with Crippen molar-refractivity contribution in [3.63, 3.8) is 0 Å². The van der Waals surface area contributed by atoms with Crippen molar-refractivity contribution in [3.05, 3.63) is 129 Å². The molecule has 5 heteroatoms. The quantitative estimate of drug-likeness (QED) is 0.407. The highest BCUT2D eigenvalue weighted by atomic mass is 16.5. The summed E-state index contributed by atoms with van der Waals surface area (Å²) in [6.07, 6.45) is 0. The highest BCUT2D eigenvalue weighted by Crippen LogP contribution is 2.17. The van der Waals surface area contributed by atoms with Crippen molar-refractivity contribution < 1.29 is 9.53 Å². The summed E-state index contributed by atoms with van der Waals surface area (Å²) in [5, 5.41) is 2.83. The zero-order valence-corrected chi connectivity index (χ0v) is 18.5. The molecule has 1 heterocycles. The summed E-state index contributed by atoms with van der Waals surface area (Å²) >= 11 is 0. The molecular formula is C28H26N2O3. The minimum Gasteiger partial charge on any atom is -0.372 e. The fourth-order valence-corrected chi connectivity index (χ4v) is 3.60. The molecule has 0 fully saturated rings. The van der Waals surface area contributed by atoms with Crippen LogP contribution in [0.25, 0.3) is 11.3 Å². The van der Waals surface area contributed by atoms with E-state index in [1.807, 2.05) is 85.8 Å². The fourth-order valence-electron chi connectivity index (χ4n) is 3.60. The van der Waals surface area contributed by atoms with E-state index in [2.05, 4.69) is 10.3 Å². The zero-order valence-electron chi connectivity index (χ0n) is 18.5. The number of amides is 1. The van der Waals surface area contributed by atoms with Crippen LogP contribution in [0.4, 0.5) is 0 Å². The molecule has 33 heavy (non-hydrogen) atoms. The van der Waals surface area contributed by atoms with E-state index in [1.54, 1.807) is 12.1 Å². The zero-order chi connectivity index (χ0) is 23.0. The number of benzene rings is 3. The van der Waals surface area contributed by atoms with Gasteiger partial charge in [-0.15, -0.1) is 0 Å². The summed E-state index contributed by atoms with van der Waals surface area (Å²) in [4.78, 5) is 27.9. The normalized spacial score (nSPS) is 10.7. The molecule has 0 aliphatic heterocycles. The van der Waals surface area contributed by atoms with Crippen molar-refractivity contribution in [1.82, 2.24) is 10.3 Å². The number of aromatic amines is 1. The number of carbonyl (C=O) groups excluding carboxylic acids is 1. The largest absolute Gasteiger partial charge is 0.372 e. The third-order valence-electron chi connectivity index (χ3n) is 5.31. The molecule has 0 unspecified atom stereocenters. The molecule has 166 valence electrons. The third kappa shape index (κ3) is 6.05. The lowest BCUT2D eigenvalue weighted by Gasteiger charge is -2.09. The van der Waals surface area contributed by atoms with E-state index in [0.717, 1.165) is 27.8 Å². The van der Waals surface area contributed by atoms with Gasteiger partial charge < -0.3 is 15.0 Å². The second kappa shape index (κ2) is 10.6. The van der Waals surface area contributed by atoms with Gasteiger partial charge >= 0.3 is 0 Å². The Morgan fingerprint density at radius 3 is 2.33 bits per heavy atom. The van der Waals surface area contributed by atoms with Crippen LogP contribution in [0.3, 0.4) is 0 Å². The number of aromatic nitrogens is 1. The molecule has 1 amide bonds. The first-order chi connectivity index (χ1) is 16.1. The molecule has 0 saturated carbocycles. The molecular weight excluding hydrogens is 412 g/mol. The maximum atomic E-state index is 12.6. The maximum Gasteiger partial charge on any atom is 0.261 e. The van der Waals surface area contributed by atoms with Crippen molar-refractivity contribution in [2.24, 2.45) is 0 Å². The number of carbonyl (C=O) groups is 1. The Balaban J connectivity index is 1.35. The van der Waals surface area contributed by atoms with Gasteiger partial charge in [-0.3, -0.25) is 9.59 Å². The third-order valence-corrected chi connectivity index (χ3v) is 5.31. The molecule has 0 spiro atoms. The number of hydrogen-bond donors (Lipinski definition) is 2. The molecule has 0 aliphatic carbocycles. The van der Waals surface area contributed by atoms with Crippen molar-refractivity contribution >= 4 is 5.91 Å². The van der Waals surface area contributed by atoms with Crippen LogP contribution < -0.4 is 10.9 Å². The lowest BCUT2D eigenvalue weighted by atomic mass is 10.1. The molecule has 4 aromatic rings. The molecule has 0 atom stereocenters. The number of rotatable bonds is 8. The first-order valence-corrected chi connectivity index (χ1v) is 10.9. The summed E-state index contributed by atoms with van der Waals surface area (Å²) in [6.45, 7) is 3.35. The molecule has 4 rings (SSSR count). The molecule has 3 aromatic carbocycles. The van der Waals surface area contributed by atoms with E-state index >= 15 is 0 Å². The topological polar surface area (TPSA) is 71.2 Å². The van der Waals surface area contributed by atoms with Crippen molar-refractivity contribution in [2.45, 2.75) is 26.7 Å². The van der Waals surface area contributed by atoms with Gasteiger partial charge in [-0.05, 0) is 47.4 Å². The summed E-state index contributed by atoms with van der Waals surface area (Å²) in [5.41, 5.74) is 5.47. The van der Waals surface area contributed by atoms with Gasteiger partial charge in [0.1, 0.15) is 5.56 Å². The Morgan fingerprint density at radius 1 is 0.818 bits per heavy atom. The van der Waals surface area contributed by atoms with E-state index in [-0.39, 0.29) is 5.56 Å². The van der Waals surface area contributed by atoms with Gasteiger partial charge in [-0.25, -0.2) is 0 Å². The Kier molecular flexibility index (Phi) is 7.12. The number of H-pyrrole nitrogens is 1. The first kappa shape index (κ1) is 22.2.